The van der Waals surface area contributed by atoms with E-state index >= 15 is 0 Å². The first kappa shape index (κ1) is 19.2. The maximum atomic E-state index is 12.9. The highest BCUT2D eigenvalue weighted by atomic mass is 35.5. The Bertz CT molecular complexity index is 872. The van der Waals surface area contributed by atoms with E-state index in [9.17, 15) is 9.59 Å². The molecular formula is C22H21ClO4. The summed E-state index contributed by atoms with van der Waals surface area (Å²) in [5, 5.41) is 0.532. The summed E-state index contributed by atoms with van der Waals surface area (Å²) in [5.74, 6) is 0.141. The summed E-state index contributed by atoms with van der Waals surface area (Å²) in [5.41, 5.74) is 1.65. The predicted octanol–water partition coefficient (Wildman–Crippen LogP) is 5.24. The van der Waals surface area contributed by atoms with Gasteiger partial charge in [-0.3, -0.25) is 4.79 Å². The normalized spacial score (nSPS) is 15.4. The second kappa shape index (κ2) is 8.87. The number of ketones is 1. The lowest BCUT2D eigenvalue weighted by Gasteiger charge is -2.14. The molecule has 2 aromatic rings. The van der Waals surface area contributed by atoms with Gasteiger partial charge in [0, 0.05) is 16.7 Å². The highest BCUT2D eigenvalue weighted by Gasteiger charge is 2.28. The Morgan fingerprint density at radius 3 is 2.81 bits per heavy atom. The molecule has 5 heteroatoms. The van der Waals surface area contributed by atoms with Crippen LogP contribution in [0.4, 0.5) is 0 Å². The summed E-state index contributed by atoms with van der Waals surface area (Å²) < 4.78 is 11.1. The SMILES string of the molecule is CCCCOC(=O)/C=C\C(=O)C1Cc2ccccc2Oc2ccc(Cl)cc21. The monoisotopic (exact) mass is 384 g/mol. The minimum Gasteiger partial charge on any atom is -0.463 e. The number of benzene rings is 2. The molecule has 0 fully saturated rings. The van der Waals surface area contributed by atoms with Gasteiger partial charge >= 0.3 is 5.97 Å². The van der Waals surface area contributed by atoms with Crippen LogP contribution in [0.25, 0.3) is 0 Å². The fraction of sp³-hybridized carbons (Fsp3) is 0.273. The number of allylic oxidation sites excluding steroid dienone is 1. The van der Waals surface area contributed by atoms with Gasteiger partial charge in [0.05, 0.1) is 12.5 Å². The molecule has 27 heavy (non-hydrogen) atoms. The zero-order chi connectivity index (χ0) is 19.2. The molecule has 0 aliphatic carbocycles. The van der Waals surface area contributed by atoms with Crippen LogP contribution in [0.2, 0.25) is 5.02 Å². The van der Waals surface area contributed by atoms with Gasteiger partial charge in [0.15, 0.2) is 5.78 Å². The van der Waals surface area contributed by atoms with Crippen LogP contribution < -0.4 is 4.74 Å². The van der Waals surface area contributed by atoms with Crippen molar-refractivity contribution in [2.24, 2.45) is 0 Å². The van der Waals surface area contributed by atoms with Crippen LogP contribution in [0.1, 0.15) is 36.8 Å². The molecule has 0 bridgehead atoms. The standard InChI is InChI=1S/C22H21ClO4/c1-2-3-12-26-22(25)11-9-19(24)17-13-15-6-4-5-7-20(15)27-21-10-8-16(23)14-18(17)21/h4-11,14,17H,2-3,12-13H2,1H3/b11-9-. The van der Waals surface area contributed by atoms with Crippen molar-refractivity contribution in [1.29, 1.82) is 0 Å². The number of carbonyl (C=O) groups is 2. The van der Waals surface area contributed by atoms with Crippen LogP contribution in [0.3, 0.4) is 0 Å². The minimum atomic E-state index is -0.506. The second-order valence-corrected chi connectivity index (χ2v) is 6.84. The molecule has 0 aromatic heterocycles. The number of unbranched alkanes of at least 4 members (excludes halogenated alkanes) is 1. The lowest BCUT2D eigenvalue weighted by molar-refractivity contribution is -0.138. The first-order chi connectivity index (χ1) is 13.1. The second-order valence-electron chi connectivity index (χ2n) is 6.41. The largest absolute Gasteiger partial charge is 0.463 e. The van der Waals surface area contributed by atoms with E-state index in [2.05, 4.69) is 0 Å². The number of rotatable bonds is 6. The Balaban J connectivity index is 1.86. The molecule has 1 atom stereocenters. The van der Waals surface area contributed by atoms with E-state index in [0.29, 0.717) is 29.4 Å². The highest BCUT2D eigenvalue weighted by Crippen LogP contribution is 2.40. The van der Waals surface area contributed by atoms with Gasteiger partial charge in [-0.05, 0) is 48.7 Å². The smallest absolute Gasteiger partial charge is 0.330 e. The number of ether oxygens (including phenoxy) is 2. The van der Waals surface area contributed by atoms with Gasteiger partial charge in [0.25, 0.3) is 0 Å². The maximum absolute atomic E-state index is 12.9. The van der Waals surface area contributed by atoms with Crippen molar-refractivity contribution in [2.45, 2.75) is 32.1 Å². The van der Waals surface area contributed by atoms with Crippen molar-refractivity contribution in [3.63, 3.8) is 0 Å². The van der Waals surface area contributed by atoms with Crippen molar-refractivity contribution >= 4 is 23.4 Å². The minimum absolute atomic E-state index is 0.189. The highest BCUT2D eigenvalue weighted by molar-refractivity contribution is 6.30. The third-order valence-corrected chi connectivity index (χ3v) is 4.67. The Kier molecular flexibility index (Phi) is 6.30. The molecule has 2 aromatic carbocycles. The van der Waals surface area contributed by atoms with Crippen LogP contribution in [0.5, 0.6) is 11.5 Å². The van der Waals surface area contributed by atoms with Crippen molar-refractivity contribution in [2.75, 3.05) is 6.61 Å². The van der Waals surface area contributed by atoms with Crippen LogP contribution >= 0.6 is 11.6 Å². The van der Waals surface area contributed by atoms with Crippen LogP contribution in [-0.4, -0.2) is 18.4 Å². The lowest BCUT2D eigenvalue weighted by Crippen LogP contribution is -2.13. The molecule has 1 aliphatic heterocycles. The molecule has 140 valence electrons. The average molecular weight is 385 g/mol. The third-order valence-electron chi connectivity index (χ3n) is 4.43. The lowest BCUT2D eigenvalue weighted by atomic mass is 9.88. The number of fused-ring (bicyclic) bond motifs is 2. The molecular weight excluding hydrogens is 364 g/mol. The zero-order valence-corrected chi connectivity index (χ0v) is 15.9. The van der Waals surface area contributed by atoms with Gasteiger partial charge in [0.2, 0.25) is 0 Å². The van der Waals surface area contributed by atoms with Crippen molar-refractivity contribution in [3.05, 3.63) is 70.8 Å². The maximum Gasteiger partial charge on any atom is 0.330 e. The average Bonchev–Trinajstić information content (AvgIpc) is 2.83. The summed E-state index contributed by atoms with van der Waals surface area (Å²) in [6.07, 6.45) is 4.69. The van der Waals surface area contributed by atoms with Gasteiger partial charge in [-0.2, -0.15) is 0 Å². The van der Waals surface area contributed by atoms with Gasteiger partial charge in [-0.15, -0.1) is 0 Å². The number of halogens is 1. The van der Waals surface area contributed by atoms with E-state index in [1.165, 1.54) is 12.2 Å². The topological polar surface area (TPSA) is 52.6 Å². The van der Waals surface area contributed by atoms with Gasteiger partial charge < -0.3 is 9.47 Å². The molecule has 0 amide bonds. The van der Waals surface area contributed by atoms with Crippen LogP contribution in [0, 0.1) is 0 Å². The first-order valence-electron chi connectivity index (χ1n) is 9.02. The summed E-state index contributed by atoms with van der Waals surface area (Å²) in [6, 6.07) is 12.9. The van der Waals surface area contributed by atoms with Crippen molar-refractivity contribution in [1.82, 2.24) is 0 Å². The van der Waals surface area contributed by atoms with E-state index in [0.717, 1.165) is 24.2 Å². The molecule has 1 aliphatic rings. The summed E-state index contributed by atoms with van der Waals surface area (Å²) >= 11 is 6.15. The molecule has 3 rings (SSSR count). The Hall–Kier alpha value is -2.59. The molecule has 1 unspecified atom stereocenters. The van der Waals surface area contributed by atoms with E-state index in [-0.39, 0.29) is 5.78 Å². The van der Waals surface area contributed by atoms with Crippen molar-refractivity contribution < 1.29 is 19.1 Å². The molecule has 0 N–H and O–H groups in total. The quantitative estimate of drug-likeness (QED) is 0.388. The van der Waals surface area contributed by atoms with E-state index in [1.54, 1.807) is 18.2 Å². The molecule has 0 saturated heterocycles. The van der Waals surface area contributed by atoms with E-state index in [4.69, 9.17) is 21.1 Å². The Morgan fingerprint density at radius 2 is 2.00 bits per heavy atom. The molecule has 4 nitrogen and oxygen atoms in total. The van der Waals surface area contributed by atoms with Crippen molar-refractivity contribution in [3.8, 4) is 11.5 Å². The Morgan fingerprint density at radius 1 is 1.19 bits per heavy atom. The van der Waals surface area contributed by atoms with Gasteiger partial charge in [0.1, 0.15) is 11.5 Å². The third kappa shape index (κ3) is 4.77. The number of hydrogen-bond donors (Lipinski definition) is 0. The summed E-state index contributed by atoms with van der Waals surface area (Å²) in [4.78, 5) is 24.6. The van der Waals surface area contributed by atoms with Gasteiger partial charge in [-0.1, -0.05) is 43.1 Å². The fourth-order valence-electron chi connectivity index (χ4n) is 2.99. The van der Waals surface area contributed by atoms with E-state index < -0.39 is 11.9 Å². The fourth-order valence-corrected chi connectivity index (χ4v) is 3.17. The number of esters is 1. The van der Waals surface area contributed by atoms with Crippen LogP contribution in [0.15, 0.2) is 54.6 Å². The zero-order valence-electron chi connectivity index (χ0n) is 15.1. The number of carbonyl (C=O) groups excluding carboxylic acids is 2. The summed E-state index contributed by atoms with van der Waals surface area (Å²) in [7, 11) is 0. The van der Waals surface area contributed by atoms with Gasteiger partial charge in [-0.25, -0.2) is 4.79 Å². The molecule has 1 heterocycles. The molecule has 0 saturated carbocycles. The molecule has 0 radical (unpaired) electrons. The summed E-state index contributed by atoms with van der Waals surface area (Å²) in [6.45, 7) is 2.37. The molecule has 0 spiro atoms. The van der Waals surface area contributed by atoms with Crippen LogP contribution in [-0.2, 0) is 20.7 Å². The number of para-hydroxylation sites is 1. The number of hydrogen-bond acceptors (Lipinski definition) is 4. The first-order valence-corrected chi connectivity index (χ1v) is 9.40. The van der Waals surface area contributed by atoms with E-state index in [1.807, 2.05) is 31.2 Å². The predicted molar refractivity (Wildman–Crippen MR) is 104 cm³/mol. The Labute approximate surface area is 163 Å².